The number of fused-ring (bicyclic) bond motifs is 1. The van der Waals surface area contributed by atoms with Crippen LogP contribution in [0.25, 0.3) is 0 Å². The molecule has 0 saturated carbocycles. The Morgan fingerprint density at radius 1 is 0.910 bits per heavy atom. The number of hydrogen-bond donors (Lipinski definition) is 4. The molecule has 17 heteroatoms. The van der Waals surface area contributed by atoms with Gasteiger partial charge in [0.05, 0.1) is 43.6 Å². The molecule has 17 nitrogen and oxygen atoms in total. The second-order valence-electron chi connectivity index (χ2n) is 19.8. The predicted molar refractivity (Wildman–Crippen MR) is 251 cm³/mol. The maximum absolute atomic E-state index is 14.7. The van der Waals surface area contributed by atoms with Crippen molar-refractivity contribution >= 4 is 47.1 Å². The molecule has 376 valence electrons. The van der Waals surface area contributed by atoms with Crippen LogP contribution >= 0.6 is 0 Å². The van der Waals surface area contributed by atoms with E-state index < -0.39 is 120 Å². The van der Waals surface area contributed by atoms with E-state index >= 15 is 0 Å². The third-order valence-electron chi connectivity index (χ3n) is 13.2. The minimum atomic E-state index is -1.53. The highest BCUT2D eigenvalue weighted by Crippen LogP contribution is 2.27. The summed E-state index contributed by atoms with van der Waals surface area (Å²) in [6, 6.07) is 1.81. The van der Waals surface area contributed by atoms with Crippen LogP contribution in [0.15, 0.2) is 24.3 Å². The average Bonchev–Trinajstić information content (AvgIpc) is 3.77. The number of ether oxygens (including phenoxy) is 3. The van der Waals surface area contributed by atoms with Gasteiger partial charge in [-0.15, -0.1) is 0 Å². The molecule has 2 heterocycles. The van der Waals surface area contributed by atoms with Gasteiger partial charge in [-0.25, -0.2) is 4.79 Å². The number of esters is 2. The molecule has 1 aromatic carbocycles. The van der Waals surface area contributed by atoms with Crippen molar-refractivity contribution in [2.75, 3.05) is 27.7 Å². The van der Waals surface area contributed by atoms with Crippen LogP contribution in [-0.2, 0) is 54.3 Å². The smallest absolute Gasteiger partial charge is 0.329 e. The second-order valence-corrected chi connectivity index (χ2v) is 19.8. The third kappa shape index (κ3) is 15.6. The van der Waals surface area contributed by atoms with Gasteiger partial charge in [-0.05, 0) is 87.9 Å². The first-order valence-electron chi connectivity index (χ1n) is 24.1. The van der Waals surface area contributed by atoms with Gasteiger partial charge in [0.25, 0.3) is 0 Å². The number of carbonyl (C=O) groups is 8. The molecule has 2 aliphatic heterocycles. The van der Waals surface area contributed by atoms with Crippen LogP contribution in [-0.4, -0.2) is 138 Å². The third-order valence-corrected chi connectivity index (χ3v) is 13.2. The number of methoxy groups -OCH3 is 1. The van der Waals surface area contributed by atoms with Crippen LogP contribution in [0.4, 0.5) is 0 Å². The Balaban J connectivity index is 2.23. The fourth-order valence-electron chi connectivity index (χ4n) is 8.81. The molecular formula is C50H79N5O12. The average molecular weight is 942 g/mol. The van der Waals surface area contributed by atoms with E-state index in [4.69, 9.17) is 14.2 Å². The monoisotopic (exact) mass is 942 g/mol. The number of amides is 4. The number of cyclic esters (lactones) is 2. The number of likely N-dealkylation sites (N-methyl/N-ethyl adjacent to an activating group) is 2. The fourth-order valence-corrected chi connectivity index (χ4v) is 8.81. The summed E-state index contributed by atoms with van der Waals surface area (Å²) >= 11 is 0. The van der Waals surface area contributed by atoms with Crippen LogP contribution in [0.2, 0.25) is 0 Å². The number of hydrogen-bond acceptors (Lipinski definition) is 13. The minimum Gasteiger partial charge on any atom is -0.497 e. The van der Waals surface area contributed by atoms with Gasteiger partial charge in [0.1, 0.15) is 30.0 Å². The summed E-state index contributed by atoms with van der Waals surface area (Å²) in [5.41, 5.74) is 0.647. The Morgan fingerprint density at radius 2 is 1.55 bits per heavy atom. The Morgan fingerprint density at radius 3 is 2.10 bits per heavy atom. The molecule has 2 fully saturated rings. The van der Waals surface area contributed by atoms with Crippen LogP contribution in [0.3, 0.4) is 0 Å². The normalized spacial score (nSPS) is 27.9. The van der Waals surface area contributed by atoms with Crippen molar-refractivity contribution in [2.45, 2.75) is 169 Å². The van der Waals surface area contributed by atoms with E-state index in [0.29, 0.717) is 30.6 Å². The lowest BCUT2D eigenvalue weighted by molar-refractivity contribution is -0.164. The molecule has 4 N–H and O–H groups in total. The number of nitrogens with one attached hydrogen (secondary N) is 3. The summed E-state index contributed by atoms with van der Waals surface area (Å²) in [4.78, 5) is 116. The lowest BCUT2D eigenvalue weighted by Gasteiger charge is -2.35. The second kappa shape index (κ2) is 26.0. The molecule has 2 aliphatic rings. The number of nitrogens with zero attached hydrogens (tertiary/aromatic N) is 2. The molecule has 0 bridgehead atoms. The van der Waals surface area contributed by atoms with Gasteiger partial charge >= 0.3 is 11.9 Å². The van der Waals surface area contributed by atoms with Crippen molar-refractivity contribution in [3.8, 4) is 5.75 Å². The summed E-state index contributed by atoms with van der Waals surface area (Å²) in [7, 11) is 4.62. The molecule has 0 radical (unpaired) electrons. The Kier molecular flexibility index (Phi) is 21.9. The zero-order valence-corrected chi connectivity index (χ0v) is 42.1. The summed E-state index contributed by atoms with van der Waals surface area (Å²) < 4.78 is 17.2. The highest BCUT2D eigenvalue weighted by atomic mass is 16.6. The van der Waals surface area contributed by atoms with Crippen molar-refractivity contribution in [3.63, 3.8) is 0 Å². The maximum atomic E-state index is 14.7. The number of aliphatic hydroxyl groups excluding tert-OH is 1. The molecule has 2 saturated heterocycles. The van der Waals surface area contributed by atoms with Gasteiger partial charge in [-0.2, -0.15) is 0 Å². The van der Waals surface area contributed by atoms with Gasteiger partial charge in [0.2, 0.25) is 23.6 Å². The zero-order valence-electron chi connectivity index (χ0n) is 42.1. The van der Waals surface area contributed by atoms with Crippen LogP contribution in [0.1, 0.15) is 120 Å². The molecule has 4 amide bonds. The van der Waals surface area contributed by atoms with Crippen LogP contribution in [0, 0.1) is 35.5 Å². The van der Waals surface area contributed by atoms with Gasteiger partial charge in [-0.1, -0.05) is 73.9 Å². The lowest BCUT2D eigenvalue weighted by Crippen LogP contribution is -2.57. The van der Waals surface area contributed by atoms with Crippen molar-refractivity contribution in [3.05, 3.63) is 29.8 Å². The topological polar surface area (TPSA) is 227 Å². The van der Waals surface area contributed by atoms with Crippen molar-refractivity contribution in [2.24, 2.45) is 35.5 Å². The fraction of sp³-hybridized carbons (Fsp3) is 0.720. The highest BCUT2D eigenvalue weighted by Gasteiger charge is 2.44. The zero-order chi connectivity index (χ0) is 50.4. The van der Waals surface area contributed by atoms with Gasteiger partial charge in [0.15, 0.2) is 17.7 Å². The summed E-state index contributed by atoms with van der Waals surface area (Å²) in [5.74, 6) is -8.45. The highest BCUT2D eigenvalue weighted by molar-refractivity contribution is 6.05. The molecule has 0 spiro atoms. The molecular weight excluding hydrogens is 863 g/mol. The van der Waals surface area contributed by atoms with Crippen LogP contribution < -0.4 is 20.7 Å². The van der Waals surface area contributed by atoms with Crippen molar-refractivity contribution in [1.82, 2.24) is 25.8 Å². The van der Waals surface area contributed by atoms with E-state index in [1.807, 2.05) is 34.6 Å². The van der Waals surface area contributed by atoms with Crippen LogP contribution in [0.5, 0.6) is 5.75 Å². The molecule has 0 aliphatic carbocycles. The number of aliphatic hydroxyl groups is 1. The first-order valence-corrected chi connectivity index (χ1v) is 24.1. The largest absolute Gasteiger partial charge is 0.497 e. The number of Topliss-reactive ketones (excluding diaryl/α,β-unsaturated/α-hetero) is 2. The number of carbonyl (C=O) groups excluding carboxylic acids is 8. The molecule has 11 atom stereocenters. The number of benzene rings is 1. The molecule has 0 unspecified atom stereocenters. The Bertz CT molecular complexity index is 1870. The predicted octanol–water partition coefficient (Wildman–Crippen LogP) is 3.80. The van der Waals surface area contributed by atoms with Gasteiger partial charge in [0, 0.05) is 26.4 Å². The first-order chi connectivity index (χ1) is 31.4. The van der Waals surface area contributed by atoms with E-state index in [9.17, 15) is 43.5 Å². The molecule has 67 heavy (non-hydrogen) atoms. The Hall–Kier alpha value is -4.90. The maximum Gasteiger partial charge on any atom is 0.329 e. The van der Waals surface area contributed by atoms with E-state index in [1.165, 1.54) is 37.8 Å². The number of ketones is 2. The van der Waals surface area contributed by atoms with Crippen molar-refractivity contribution < 1.29 is 57.7 Å². The summed E-state index contributed by atoms with van der Waals surface area (Å²) in [6.45, 7) is 17.6. The molecule has 1 aromatic rings. The Labute approximate surface area is 397 Å². The van der Waals surface area contributed by atoms with E-state index in [-0.39, 0.29) is 49.8 Å². The SMILES string of the molecule is CC[C@H](C)[C@H]1NC(=O)[C@@H](CC(=O)[C@@H](CC(C)C)NC)[C@@H](C)OC(=O)[C@H](Cc2ccc(OC)cc2)N(C)C(=O)[C@@H]2CCCN2C(=O)[C@H](CC(C)C)NC(=O)[C@@H](C)C(=O)[C@H](C(C)C)OC(=O)C[C@@H]1O. The quantitative estimate of drug-likeness (QED) is 0.154. The number of rotatable bonds is 14. The molecule has 0 aromatic heterocycles. The summed E-state index contributed by atoms with van der Waals surface area (Å²) in [5, 5.41) is 20.3. The van der Waals surface area contributed by atoms with Gasteiger partial charge in [-0.3, -0.25) is 33.6 Å². The van der Waals surface area contributed by atoms with E-state index in [0.717, 1.165) is 0 Å². The van der Waals surface area contributed by atoms with E-state index in [1.54, 1.807) is 52.1 Å². The van der Waals surface area contributed by atoms with Gasteiger partial charge < -0.3 is 45.1 Å². The first kappa shape index (κ1) is 56.4. The minimum absolute atomic E-state index is 0.0296. The van der Waals surface area contributed by atoms with E-state index in [2.05, 4.69) is 16.0 Å². The van der Waals surface area contributed by atoms with Crippen molar-refractivity contribution in [1.29, 1.82) is 0 Å². The lowest BCUT2D eigenvalue weighted by atomic mass is 9.88. The summed E-state index contributed by atoms with van der Waals surface area (Å²) in [6.07, 6.45) is -3.36. The standard InChI is InChI=1S/C50H79N5O12/c1-14-30(8)43-41(57)26-42(58)67-45(29(6)7)44(59)31(9)46(60)52-37(23-28(4)5)48(62)55-21-15-16-38(55)49(63)54(12)39(24-33-17-19-34(65-13)20-18-33)50(64)66-32(10)35(47(61)53-43)25-40(56)36(51-11)22-27(2)3/h17-20,27-32,35-39,41,43,45,51,57H,14-16,21-26H2,1-13H3,(H,52,60)(H,53,61)/t30-,31-,32+,35-,36+,37-,38-,39-,41-,43+,45-/m0/s1. The molecule has 3 rings (SSSR count).